The average molecular weight is 259 g/mol. The van der Waals surface area contributed by atoms with Crippen LogP contribution >= 0.6 is 0 Å². The van der Waals surface area contributed by atoms with Crippen molar-refractivity contribution >= 4 is 5.82 Å². The van der Waals surface area contributed by atoms with Gasteiger partial charge in [0.2, 0.25) is 0 Å². The summed E-state index contributed by atoms with van der Waals surface area (Å²) in [6, 6.07) is 2.32. The molecule has 102 valence electrons. The number of nitriles is 1. The molecule has 0 radical (unpaired) electrons. The van der Waals surface area contributed by atoms with Gasteiger partial charge < -0.3 is 10.6 Å². The first-order chi connectivity index (χ1) is 9.24. The number of hydrogen-bond donors (Lipinski definition) is 1. The minimum absolute atomic E-state index is 0.504. The Morgan fingerprint density at radius 2 is 2.16 bits per heavy atom. The molecule has 0 aromatic carbocycles. The van der Waals surface area contributed by atoms with Crippen molar-refractivity contribution < 1.29 is 0 Å². The van der Waals surface area contributed by atoms with E-state index in [4.69, 9.17) is 5.73 Å². The van der Waals surface area contributed by atoms with E-state index in [-0.39, 0.29) is 0 Å². The zero-order valence-corrected chi connectivity index (χ0v) is 11.7. The molecule has 2 N–H and O–H groups in total. The number of aryl methyl sites for hydroxylation is 1. The molecule has 1 aliphatic rings. The Kier molecular flexibility index (Phi) is 4.33. The van der Waals surface area contributed by atoms with Crippen LogP contribution in [-0.4, -0.2) is 29.8 Å². The molecule has 0 bridgehead atoms. The van der Waals surface area contributed by atoms with Gasteiger partial charge in [-0.3, -0.25) is 0 Å². The zero-order chi connectivity index (χ0) is 13.8. The van der Waals surface area contributed by atoms with Crippen molar-refractivity contribution in [2.45, 2.75) is 33.1 Å². The van der Waals surface area contributed by atoms with Crippen LogP contribution in [0.1, 0.15) is 37.1 Å². The van der Waals surface area contributed by atoms with Crippen LogP contribution in [0.2, 0.25) is 0 Å². The van der Waals surface area contributed by atoms with Crippen molar-refractivity contribution in [1.82, 2.24) is 10.2 Å². The Balaban J connectivity index is 2.39. The van der Waals surface area contributed by atoms with Crippen LogP contribution < -0.4 is 10.6 Å². The smallest absolute Gasteiger partial charge is 0.169 e. The molecule has 1 saturated heterocycles. The topological polar surface area (TPSA) is 78.8 Å². The van der Waals surface area contributed by atoms with Crippen molar-refractivity contribution in [1.29, 1.82) is 5.26 Å². The highest BCUT2D eigenvalue weighted by atomic mass is 15.3. The summed E-state index contributed by atoms with van der Waals surface area (Å²) in [5, 5.41) is 18.1. The standard InChI is InChI=1S/C14H21N5/c1-3-11-12(8-16)14(18-17-13(11)4-2)19-6-5-10(7-15)9-19/h10H,3-7,9,15H2,1-2H3. The molecule has 2 rings (SSSR count). The Hall–Kier alpha value is -1.67. The monoisotopic (exact) mass is 259 g/mol. The van der Waals surface area contributed by atoms with Crippen LogP contribution in [0, 0.1) is 17.2 Å². The molecule has 2 heterocycles. The summed E-state index contributed by atoms with van der Waals surface area (Å²) < 4.78 is 0. The third kappa shape index (κ3) is 2.54. The van der Waals surface area contributed by atoms with Crippen LogP contribution in [0.4, 0.5) is 5.82 Å². The molecular weight excluding hydrogens is 238 g/mol. The van der Waals surface area contributed by atoms with Crippen molar-refractivity contribution in [3.63, 3.8) is 0 Å². The molecule has 1 unspecified atom stereocenters. The fourth-order valence-electron chi connectivity index (χ4n) is 2.72. The normalized spacial score (nSPS) is 18.6. The zero-order valence-electron chi connectivity index (χ0n) is 11.7. The van der Waals surface area contributed by atoms with Gasteiger partial charge >= 0.3 is 0 Å². The summed E-state index contributed by atoms with van der Waals surface area (Å²) in [7, 11) is 0. The Morgan fingerprint density at radius 1 is 1.37 bits per heavy atom. The number of aromatic nitrogens is 2. The average Bonchev–Trinajstić information content (AvgIpc) is 2.94. The minimum Gasteiger partial charge on any atom is -0.354 e. The van der Waals surface area contributed by atoms with Gasteiger partial charge in [-0.15, -0.1) is 5.10 Å². The van der Waals surface area contributed by atoms with E-state index in [1.807, 2.05) is 6.92 Å². The van der Waals surface area contributed by atoms with Gasteiger partial charge in [-0.05, 0) is 37.3 Å². The minimum atomic E-state index is 0.504. The highest BCUT2D eigenvalue weighted by Crippen LogP contribution is 2.27. The van der Waals surface area contributed by atoms with Gasteiger partial charge in [0.1, 0.15) is 11.6 Å². The molecule has 0 aliphatic carbocycles. The molecular formula is C14H21N5. The molecule has 0 saturated carbocycles. The molecule has 0 amide bonds. The molecule has 19 heavy (non-hydrogen) atoms. The first-order valence-corrected chi connectivity index (χ1v) is 6.98. The largest absolute Gasteiger partial charge is 0.354 e. The Bertz CT molecular complexity index is 491. The van der Waals surface area contributed by atoms with Gasteiger partial charge in [-0.25, -0.2) is 0 Å². The fourth-order valence-corrected chi connectivity index (χ4v) is 2.72. The Morgan fingerprint density at radius 3 is 2.68 bits per heavy atom. The quantitative estimate of drug-likeness (QED) is 0.880. The van der Waals surface area contributed by atoms with E-state index in [0.717, 1.165) is 49.4 Å². The summed E-state index contributed by atoms with van der Waals surface area (Å²) in [6.45, 7) is 6.60. The maximum Gasteiger partial charge on any atom is 0.169 e. The molecule has 1 fully saturated rings. The first-order valence-electron chi connectivity index (χ1n) is 6.98. The van der Waals surface area contributed by atoms with E-state index in [1.165, 1.54) is 0 Å². The van der Waals surface area contributed by atoms with Crippen molar-refractivity contribution in [2.24, 2.45) is 11.7 Å². The third-order valence-electron chi connectivity index (χ3n) is 3.86. The summed E-state index contributed by atoms with van der Waals surface area (Å²) in [5.74, 6) is 1.25. The first kappa shape index (κ1) is 13.8. The third-order valence-corrected chi connectivity index (χ3v) is 3.86. The summed E-state index contributed by atoms with van der Waals surface area (Å²) in [4.78, 5) is 2.15. The molecule has 0 spiro atoms. The molecule has 1 aromatic rings. The van der Waals surface area contributed by atoms with Gasteiger partial charge in [0, 0.05) is 13.1 Å². The summed E-state index contributed by atoms with van der Waals surface area (Å²) >= 11 is 0. The van der Waals surface area contributed by atoms with Crippen molar-refractivity contribution in [3.8, 4) is 6.07 Å². The summed E-state index contributed by atoms with van der Waals surface area (Å²) in [6.07, 6.45) is 2.71. The van der Waals surface area contributed by atoms with Crippen molar-refractivity contribution in [2.75, 3.05) is 24.5 Å². The van der Waals surface area contributed by atoms with E-state index in [2.05, 4.69) is 28.1 Å². The molecule has 1 aliphatic heterocycles. The van der Waals surface area contributed by atoms with Crippen LogP contribution in [0.3, 0.4) is 0 Å². The second kappa shape index (κ2) is 5.98. The second-order valence-electron chi connectivity index (χ2n) is 4.98. The van der Waals surface area contributed by atoms with Gasteiger partial charge in [0.15, 0.2) is 5.82 Å². The predicted octanol–water partition coefficient (Wildman–Crippen LogP) is 1.26. The van der Waals surface area contributed by atoms with E-state index < -0.39 is 0 Å². The van der Waals surface area contributed by atoms with Crippen LogP contribution in [0.5, 0.6) is 0 Å². The highest BCUT2D eigenvalue weighted by Gasteiger charge is 2.26. The van der Waals surface area contributed by atoms with Gasteiger partial charge in [-0.1, -0.05) is 13.8 Å². The fraction of sp³-hybridized carbons (Fsp3) is 0.643. The molecule has 1 atom stereocenters. The van der Waals surface area contributed by atoms with Crippen LogP contribution in [0.15, 0.2) is 0 Å². The van der Waals surface area contributed by atoms with Gasteiger partial charge in [-0.2, -0.15) is 10.4 Å². The van der Waals surface area contributed by atoms with E-state index >= 15 is 0 Å². The van der Waals surface area contributed by atoms with Crippen molar-refractivity contribution in [3.05, 3.63) is 16.8 Å². The van der Waals surface area contributed by atoms with E-state index in [0.29, 0.717) is 18.0 Å². The predicted molar refractivity (Wildman–Crippen MR) is 74.9 cm³/mol. The highest BCUT2D eigenvalue weighted by molar-refractivity contribution is 5.58. The number of nitrogens with two attached hydrogens (primary N) is 1. The van der Waals surface area contributed by atoms with Crippen LogP contribution in [-0.2, 0) is 12.8 Å². The van der Waals surface area contributed by atoms with Crippen LogP contribution in [0.25, 0.3) is 0 Å². The Labute approximate surface area is 114 Å². The number of nitrogens with zero attached hydrogens (tertiary/aromatic N) is 4. The van der Waals surface area contributed by atoms with Gasteiger partial charge in [0.05, 0.1) is 5.69 Å². The maximum atomic E-state index is 9.46. The SMILES string of the molecule is CCc1nnc(N2CCC(CN)C2)c(C#N)c1CC. The number of rotatable bonds is 4. The second-order valence-corrected chi connectivity index (χ2v) is 4.98. The summed E-state index contributed by atoms with van der Waals surface area (Å²) in [5.41, 5.74) is 8.41. The van der Waals surface area contributed by atoms with E-state index in [1.54, 1.807) is 0 Å². The lowest BCUT2D eigenvalue weighted by Gasteiger charge is -2.20. The molecule has 5 heteroatoms. The molecule has 1 aromatic heterocycles. The number of hydrogen-bond acceptors (Lipinski definition) is 5. The molecule has 5 nitrogen and oxygen atoms in total. The lowest BCUT2D eigenvalue weighted by Crippen LogP contribution is -2.25. The van der Waals surface area contributed by atoms with E-state index in [9.17, 15) is 5.26 Å². The maximum absolute atomic E-state index is 9.46. The lowest BCUT2D eigenvalue weighted by molar-refractivity contribution is 0.602. The number of anilines is 1. The van der Waals surface area contributed by atoms with Gasteiger partial charge in [0.25, 0.3) is 0 Å². The lowest BCUT2D eigenvalue weighted by atomic mass is 10.0.